The summed E-state index contributed by atoms with van der Waals surface area (Å²) in [7, 11) is 1.53. The quantitative estimate of drug-likeness (QED) is 0.732. The number of nitrogens with zero attached hydrogens (tertiary/aromatic N) is 3. The van der Waals surface area contributed by atoms with E-state index in [0.717, 1.165) is 0 Å². The SMILES string of the molecule is CN(C(=O)c1ccc(Cl)cc1)c1nnc(-c2ccc(F)cc2)o1. The first-order valence-electron chi connectivity index (χ1n) is 6.67. The molecule has 0 saturated heterocycles. The van der Waals surface area contributed by atoms with E-state index in [1.165, 1.54) is 36.2 Å². The van der Waals surface area contributed by atoms with Crippen molar-refractivity contribution in [3.05, 3.63) is 64.9 Å². The van der Waals surface area contributed by atoms with Crippen LogP contribution in [-0.4, -0.2) is 23.2 Å². The summed E-state index contributed by atoms with van der Waals surface area (Å²) in [6.45, 7) is 0. The average molecular weight is 332 g/mol. The van der Waals surface area contributed by atoms with Gasteiger partial charge in [-0.1, -0.05) is 16.7 Å². The average Bonchev–Trinajstić information content (AvgIpc) is 3.05. The molecule has 23 heavy (non-hydrogen) atoms. The number of benzene rings is 2. The lowest BCUT2D eigenvalue weighted by atomic mass is 10.2. The molecule has 116 valence electrons. The predicted molar refractivity (Wildman–Crippen MR) is 83.9 cm³/mol. The van der Waals surface area contributed by atoms with Crippen molar-refractivity contribution in [1.29, 1.82) is 0 Å². The van der Waals surface area contributed by atoms with Crippen molar-refractivity contribution in [2.45, 2.75) is 0 Å². The van der Waals surface area contributed by atoms with Crippen molar-refractivity contribution in [2.24, 2.45) is 0 Å². The molecule has 1 aromatic heterocycles. The number of rotatable bonds is 3. The smallest absolute Gasteiger partial charge is 0.325 e. The Morgan fingerprint density at radius 1 is 1.09 bits per heavy atom. The Labute approximate surface area is 136 Å². The highest BCUT2D eigenvalue weighted by molar-refractivity contribution is 6.30. The Hall–Kier alpha value is -2.73. The molecule has 3 aromatic rings. The monoisotopic (exact) mass is 331 g/mol. The highest BCUT2D eigenvalue weighted by Crippen LogP contribution is 2.22. The van der Waals surface area contributed by atoms with Crippen LogP contribution in [0.2, 0.25) is 5.02 Å². The molecule has 1 heterocycles. The first-order valence-corrected chi connectivity index (χ1v) is 7.05. The molecule has 3 rings (SSSR count). The normalized spacial score (nSPS) is 10.6. The van der Waals surface area contributed by atoms with Crippen molar-refractivity contribution in [2.75, 3.05) is 11.9 Å². The molecule has 0 bridgehead atoms. The van der Waals surface area contributed by atoms with Crippen molar-refractivity contribution in [3.63, 3.8) is 0 Å². The lowest BCUT2D eigenvalue weighted by Gasteiger charge is -2.11. The molecule has 0 radical (unpaired) electrons. The van der Waals surface area contributed by atoms with Crippen LogP contribution in [0.1, 0.15) is 10.4 Å². The summed E-state index contributed by atoms with van der Waals surface area (Å²) >= 11 is 5.80. The molecular weight excluding hydrogens is 321 g/mol. The van der Waals surface area contributed by atoms with E-state index in [0.29, 0.717) is 16.1 Å². The Balaban J connectivity index is 1.83. The zero-order valence-electron chi connectivity index (χ0n) is 12.0. The fraction of sp³-hybridized carbons (Fsp3) is 0.0625. The second-order valence-electron chi connectivity index (χ2n) is 4.77. The van der Waals surface area contributed by atoms with Gasteiger partial charge >= 0.3 is 6.01 Å². The Bertz CT molecular complexity index is 831. The van der Waals surface area contributed by atoms with E-state index in [9.17, 15) is 9.18 Å². The van der Waals surface area contributed by atoms with Crippen LogP contribution in [0.15, 0.2) is 52.9 Å². The third-order valence-corrected chi connectivity index (χ3v) is 3.44. The van der Waals surface area contributed by atoms with Gasteiger partial charge in [-0.15, -0.1) is 5.10 Å². The minimum absolute atomic E-state index is 0.0456. The zero-order chi connectivity index (χ0) is 16.4. The van der Waals surface area contributed by atoms with E-state index in [4.69, 9.17) is 16.0 Å². The predicted octanol–water partition coefficient (Wildman–Crippen LogP) is 3.81. The Morgan fingerprint density at radius 2 is 1.74 bits per heavy atom. The number of hydrogen-bond acceptors (Lipinski definition) is 4. The van der Waals surface area contributed by atoms with Gasteiger partial charge in [-0.25, -0.2) is 4.39 Å². The minimum Gasteiger partial charge on any atom is -0.403 e. The number of halogens is 2. The van der Waals surface area contributed by atoms with Crippen LogP contribution in [-0.2, 0) is 0 Å². The van der Waals surface area contributed by atoms with Gasteiger partial charge < -0.3 is 4.42 Å². The van der Waals surface area contributed by atoms with Crippen LogP contribution in [0.25, 0.3) is 11.5 Å². The van der Waals surface area contributed by atoms with Crippen LogP contribution >= 0.6 is 11.6 Å². The molecule has 0 unspecified atom stereocenters. The Kier molecular flexibility index (Phi) is 4.08. The van der Waals surface area contributed by atoms with Gasteiger partial charge in [0.1, 0.15) is 5.82 Å². The van der Waals surface area contributed by atoms with Crippen molar-refractivity contribution in [3.8, 4) is 11.5 Å². The van der Waals surface area contributed by atoms with Gasteiger partial charge in [0, 0.05) is 23.2 Å². The van der Waals surface area contributed by atoms with Gasteiger partial charge in [0.15, 0.2) is 0 Å². The molecule has 0 spiro atoms. The van der Waals surface area contributed by atoms with E-state index in [2.05, 4.69) is 10.2 Å². The second-order valence-corrected chi connectivity index (χ2v) is 5.20. The van der Waals surface area contributed by atoms with Crippen molar-refractivity contribution < 1.29 is 13.6 Å². The van der Waals surface area contributed by atoms with Gasteiger partial charge in [-0.2, -0.15) is 0 Å². The number of amides is 1. The van der Waals surface area contributed by atoms with Gasteiger partial charge in [0.2, 0.25) is 5.89 Å². The van der Waals surface area contributed by atoms with E-state index >= 15 is 0 Å². The summed E-state index contributed by atoms with van der Waals surface area (Å²) in [6, 6.07) is 12.1. The summed E-state index contributed by atoms with van der Waals surface area (Å²) in [5.41, 5.74) is 1.01. The van der Waals surface area contributed by atoms with Gasteiger partial charge in [0.25, 0.3) is 5.91 Å². The minimum atomic E-state index is -0.358. The highest BCUT2D eigenvalue weighted by Gasteiger charge is 2.19. The summed E-state index contributed by atoms with van der Waals surface area (Å²) in [5.74, 6) is -0.463. The summed E-state index contributed by atoms with van der Waals surface area (Å²) in [4.78, 5) is 13.6. The topological polar surface area (TPSA) is 59.2 Å². The van der Waals surface area contributed by atoms with E-state index in [1.54, 1.807) is 24.3 Å². The number of anilines is 1. The summed E-state index contributed by atoms with van der Waals surface area (Å²) < 4.78 is 18.4. The molecule has 0 N–H and O–H groups in total. The van der Waals surface area contributed by atoms with Crippen LogP contribution in [0.3, 0.4) is 0 Å². The molecule has 5 nitrogen and oxygen atoms in total. The molecule has 0 atom stereocenters. The van der Waals surface area contributed by atoms with Crippen LogP contribution < -0.4 is 4.90 Å². The summed E-state index contributed by atoms with van der Waals surface area (Å²) in [6.07, 6.45) is 0. The molecule has 0 fully saturated rings. The maximum Gasteiger partial charge on any atom is 0.325 e. The molecule has 7 heteroatoms. The van der Waals surface area contributed by atoms with E-state index in [-0.39, 0.29) is 23.6 Å². The lowest BCUT2D eigenvalue weighted by molar-refractivity contribution is 0.0988. The molecular formula is C16H11ClFN3O2. The first-order chi connectivity index (χ1) is 11.0. The summed E-state index contributed by atoms with van der Waals surface area (Å²) in [5, 5.41) is 8.26. The van der Waals surface area contributed by atoms with E-state index < -0.39 is 0 Å². The standard InChI is InChI=1S/C16H11ClFN3O2/c1-21(15(22)11-2-6-12(17)7-3-11)16-20-19-14(23-16)10-4-8-13(18)9-5-10/h2-9H,1H3. The molecule has 2 aromatic carbocycles. The van der Waals surface area contributed by atoms with Gasteiger partial charge in [-0.05, 0) is 48.5 Å². The number of aromatic nitrogens is 2. The molecule has 0 aliphatic carbocycles. The van der Waals surface area contributed by atoms with Crippen LogP contribution in [0.4, 0.5) is 10.4 Å². The fourth-order valence-electron chi connectivity index (χ4n) is 1.93. The number of carbonyl (C=O) groups excluding carboxylic acids is 1. The second kappa shape index (κ2) is 6.18. The zero-order valence-corrected chi connectivity index (χ0v) is 12.8. The molecule has 0 saturated carbocycles. The lowest BCUT2D eigenvalue weighted by Crippen LogP contribution is -2.26. The molecule has 0 aliphatic heterocycles. The third-order valence-electron chi connectivity index (χ3n) is 3.19. The maximum absolute atomic E-state index is 12.9. The maximum atomic E-state index is 12.9. The highest BCUT2D eigenvalue weighted by atomic mass is 35.5. The van der Waals surface area contributed by atoms with E-state index in [1.807, 2.05) is 0 Å². The van der Waals surface area contributed by atoms with Crippen LogP contribution in [0, 0.1) is 5.82 Å². The van der Waals surface area contributed by atoms with Crippen molar-refractivity contribution >= 4 is 23.5 Å². The molecule has 1 amide bonds. The largest absolute Gasteiger partial charge is 0.403 e. The van der Waals surface area contributed by atoms with Crippen molar-refractivity contribution in [1.82, 2.24) is 10.2 Å². The fourth-order valence-corrected chi connectivity index (χ4v) is 2.06. The van der Waals surface area contributed by atoms with Gasteiger partial charge in [-0.3, -0.25) is 9.69 Å². The third kappa shape index (κ3) is 3.22. The van der Waals surface area contributed by atoms with Crippen LogP contribution in [0.5, 0.6) is 0 Å². The number of carbonyl (C=O) groups is 1. The number of hydrogen-bond donors (Lipinski definition) is 0. The first kappa shape index (κ1) is 15.2. The molecule has 0 aliphatic rings. The van der Waals surface area contributed by atoms with Gasteiger partial charge in [0.05, 0.1) is 0 Å². The Morgan fingerprint density at radius 3 is 2.39 bits per heavy atom.